The van der Waals surface area contributed by atoms with Crippen LogP contribution in [0.15, 0.2) is 55.0 Å². The lowest BCUT2D eigenvalue weighted by atomic mass is 10.0. The highest BCUT2D eigenvalue weighted by Crippen LogP contribution is 2.32. The van der Waals surface area contributed by atoms with Gasteiger partial charge in [-0.2, -0.15) is 18.6 Å². The van der Waals surface area contributed by atoms with Crippen molar-refractivity contribution in [3.05, 3.63) is 71.6 Å². The van der Waals surface area contributed by atoms with Crippen LogP contribution in [0.3, 0.4) is 0 Å². The van der Waals surface area contributed by atoms with E-state index in [1.54, 1.807) is 0 Å². The van der Waals surface area contributed by atoms with Crippen molar-refractivity contribution in [2.45, 2.75) is 5.92 Å². The molecule has 3 aromatic rings. The zero-order valence-corrected chi connectivity index (χ0v) is 15.2. The Balaban J connectivity index is 2.08. The van der Waals surface area contributed by atoms with Crippen molar-refractivity contribution >= 4 is 28.5 Å². The average Bonchev–Trinajstić information content (AvgIpc) is 2.70. The van der Waals surface area contributed by atoms with Crippen molar-refractivity contribution in [1.29, 1.82) is 16.2 Å². The molecule has 0 bridgehead atoms. The van der Waals surface area contributed by atoms with Crippen molar-refractivity contribution in [2.75, 3.05) is 7.05 Å². The fraction of sp³-hybridized carbons (Fsp3) is 0.105. The third kappa shape index (κ3) is 3.91. The molecule has 0 aliphatic heterocycles. The molecule has 0 amide bonds. The SMILES string of the molecule is CN(F)/C=C(\C=N)c1cnc2ccc(C(F)(F)C(=N)n3ncccc3=N)cc2c1. The molecule has 0 aliphatic carbocycles. The second kappa shape index (κ2) is 7.66. The van der Waals surface area contributed by atoms with Gasteiger partial charge in [-0.05, 0) is 30.3 Å². The predicted octanol–water partition coefficient (Wildman–Crippen LogP) is 3.33. The van der Waals surface area contributed by atoms with Crippen molar-refractivity contribution in [2.24, 2.45) is 0 Å². The first-order valence-corrected chi connectivity index (χ1v) is 8.32. The first-order valence-electron chi connectivity index (χ1n) is 8.32. The number of nitrogens with zero attached hydrogens (tertiary/aromatic N) is 4. The van der Waals surface area contributed by atoms with E-state index in [4.69, 9.17) is 16.2 Å². The Kier molecular flexibility index (Phi) is 5.26. The van der Waals surface area contributed by atoms with Gasteiger partial charge >= 0.3 is 5.92 Å². The Bertz CT molecular complexity index is 1180. The van der Waals surface area contributed by atoms with Gasteiger partial charge in [0.05, 0.1) is 5.52 Å². The molecular weight excluding hydrogens is 383 g/mol. The quantitative estimate of drug-likeness (QED) is 0.348. The average molecular weight is 399 g/mol. The number of pyridine rings is 1. The standard InChI is InChI=1S/C19H16F3N7/c1-28(22)11-14(9-23)13-7-12-8-15(4-5-16(12)26-10-13)19(20,21)18(25)29-17(24)3-2-6-27-29/h2-11,23-25H,1H3/b14-11+,23-9?,24-17?,25-18?. The molecule has 1 aromatic carbocycles. The van der Waals surface area contributed by atoms with Crippen molar-refractivity contribution in [3.63, 3.8) is 0 Å². The molecule has 148 valence electrons. The summed E-state index contributed by atoms with van der Waals surface area (Å²) < 4.78 is 43.6. The number of fused-ring (bicyclic) bond motifs is 1. The number of hydrogen-bond donors (Lipinski definition) is 3. The molecule has 0 aliphatic rings. The largest absolute Gasteiger partial charge is 0.331 e. The summed E-state index contributed by atoms with van der Waals surface area (Å²) in [5.74, 6) is -4.89. The lowest BCUT2D eigenvalue weighted by molar-refractivity contribution is 0.0697. The summed E-state index contributed by atoms with van der Waals surface area (Å²) in [7, 11) is 1.15. The van der Waals surface area contributed by atoms with Gasteiger partial charge in [0, 0.05) is 53.9 Å². The molecule has 2 heterocycles. The smallest absolute Gasteiger partial charge is 0.308 e. The van der Waals surface area contributed by atoms with Crippen LogP contribution < -0.4 is 5.49 Å². The molecule has 0 fully saturated rings. The van der Waals surface area contributed by atoms with Crippen molar-refractivity contribution in [1.82, 2.24) is 19.9 Å². The number of benzene rings is 1. The van der Waals surface area contributed by atoms with Crippen LogP contribution in [0, 0.1) is 16.2 Å². The maximum Gasteiger partial charge on any atom is 0.331 e. The second-order valence-electron chi connectivity index (χ2n) is 6.13. The summed E-state index contributed by atoms with van der Waals surface area (Å²) in [6.45, 7) is 0. The number of nitrogens with one attached hydrogen (secondary N) is 3. The third-order valence-corrected chi connectivity index (χ3v) is 4.11. The summed E-state index contributed by atoms with van der Waals surface area (Å²) in [5.41, 5.74) is 0.175. The maximum atomic E-state index is 14.9. The van der Waals surface area contributed by atoms with E-state index >= 15 is 0 Å². The number of alkyl halides is 2. The van der Waals surface area contributed by atoms with Crippen LogP contribution >= 0.6 is 0 Å². The number of aromatic nitrogens is 3. The highest BCUT2D eigenvalue weighted by atomic mass is 19.3. The van der Waals surface area contributed by atoms with Crippen molar-refractivity contribution in [3.8, 4) is 0 Å². The lowest BCUT2D eigenvalue weighted by Gasteiger charge is -2.19. The van der Waals surface area contributed by atoms with Crippen LogP contribution in [0.5, 0.6) is 0 Å². The van der Waals surface area contributed by atoms with Gasteiger partial charge in [0.1, 0.15) is 5.49 Å². The topological polar surface area (TPSA) is 106 Å². The van der Waals surface area contributed by atoms with Gasteiger partial charge < -0.3 is 5.41 Å². The minimum absolute atomic E-state index is 0.206. The molecule has 10 heteroatoms. The molecule has 3 rings (SSSR count). The Morgan fingerprint density at radius 2 is 2.00 bits per heavy atom. The molecule has 3 N–H and O–H groups in total. The number of allylic oxidation sites excluding steroid dienone is 1. The van der Waals surface area contributed by atoms with Crippen molar-refractivity contribution < 1.29 is 13.3 Å². The Morgan fingerprint density at radius 1 is 1.24 bits per heavy atom. The van der Waals surface area contributed by atoms with Crippen LogP contribution in [-0.4, -0.2) is 39.0 Å². The molecule has 7 nitrogen and oxygen atoms in total. The van der Waals surface area contributed by atoms with Gasteiger partial charge in [0.15, 0.2) is 5.84 Å². The normalized spacial score (nSPS) is 12.1. The summed E-state index contributed by atoms with van der Waals surface area (Å²) in [6, 6.07) is 7.89. The van der Waals surface area contributed by atoms with Crippen LogP contribution in [0.2, 0.25) is 0 Å². The van der Waals surface area contributed by atoms with Gasteiger partial charge in [0.2, 0.25) is 0 Å². The van der Waals surface area contributed by atoms with Crippen LogP contribution in [0.25, 0.3) is 16.5 Å². The summed E-state index contributed by atoms with van der Waals surface area (Å²) in [5, 5.41) is 27.2. The van der Waals surface area contributed by atoms with E-state index in [1.807, 2.05) is 0 Å². The van der Waals surface area contributed by atoms with Crippen LogP contribution in [0.1, 0.15) is 11.1 Å². The summed E-state index contributed by atoms with van der Waals surface area (Å²) in [6.07, 6.45) is 4.63. The predicted molar refractivity (Wildman–Crippen MR) is 102 cm³/mol. The molecule has 2 aromatic heterocycles. The van der Waals surface area contributed by atoms with Gasteiger partial charge in [-0.3, -0.25) is 15.8 Å². The number of hydrogen-bond acceptors (Lipinski definition) is 6. The zero-order chi connectivity index (χ0) is 21.2. The minimum atomic E-state index is -3.72. The molecule has 0 saturated heterocycles. The van der Waals surface area contributed by atoms with E-state index in [1.165, 1.54) is 42.7 Å². The second-order valence-corrected chi connectivity index (χ2v) is 6.13. The monoisotopic (exact) mass is 399 g/mol. The number of rotatable bonds is 5. The highest BCUT2D eigenvalue weighted by molar-refractivity contribution is 6.08. The molecule has 29 heavy (non-hydrogen) atoms. The van der Waals surface area contributed by atoms with Crippen LogP contribution in [-0.2, 0) is 5.92 Å². The van der Waals surface area contributed by atoms with Gasteiger partial charge in [-0.1, -0.05) is 6.07 Å². The Hall–Kier alpha value is -3.82. The van der Waals surface area contributed by atoms with Gasteiger partial charge in [0.25, 0.3) is 0 Å². The highest BCUT2D eigenvalue weighted by Gasteiger charge is 2.39. The molecule has 0 saturated carbocycles. The molecule has 0 unspecified atom stereocenters. The van der Waals surface area contributed by atoms with Crippen LogP contribution in [0.4, 0.5) is 13.3 Å². The van der Waals surface area contributed by atoms with E-state index in [0.717, 1.165) is 25.5 Å². The molecule has 0 spiro atoms. The fourth-order valence-electron chi connectivity index (χ4n) is 2.69. The van der Waals surface area contributed by atoms with E-state index in [0.29, 0.717) is 21.1 Å². The Labute approximate surface area is 163 Å². The maximum absolute atomic E-state index is 14.9. The number of halogens is 3. The third-order valence-electron chi connectivity index (χ3n) is 4.11. The van der Waals surface area contributed by atoms with Gasteiger partial charge in [-0.25, -0.2) is 5.12 Å². The first kappa shape index (κ1) is 19.9. The summed E-state index contributed by atoms with van der Waals surface area (Å²) in [4.78, 5) is 4.17. The molecule has 0 radical (unpaired) electrons. The van der Waals surface area contributed by atoms with E-state index < -0.39 is 17.3 Å². The molecule has 0 atom stereocenters. The first-order chi connectivity index (χ1) is 13.7. The fourth-order valence-corrected chi connectivity index (χ4v) is 2.69. The Morgan fingerprint density at radius 3 is 2.66 bits per heavy atom. The summed E-state index contributed by atoms with van der Waals surface area (Å²) >= 11 is 0. The van der Waals surface area contributed by atoms with Gasteiger partial charge in [-0.15, -0.1) is 4.48 Å². The lowest BCUT2D eigenvalue weighted by Crippen LogP contribution is -2.39. The van der Waals surface area contributed by atoms with E-state index in [-0.39, 0.29) is 16.2 Å². The van der Waals surface area contributed by atoms with E-state index in [2.05, 4.69) is 10.1 Å². The van der Waals surface area contributed by atoms with E-state index in [9.17, 15) is 13.3 Å². The minimum Gasteiger partial charge on any atom is -0.308 e. The molecular formula is C19H16F3N7. The zero-order valence-electron chi connectivity index (χ0n) is 15.2.